The first-order valence-electron chi connectivity index (χ1n) is 19.8. The van der Waals surface area contributed by atoms with E-state index in [2.05, 4.69) is 180 Å². The minimum atomic E-state index is -0.360. The summed E-state index contributed by atoms with van der Waals surface area (Å²) in [4.78, 5) is 5.42. The number of fused-ring (bicyclic) bond motifs is 8. The first-order chi connectivity index (χ1) is 28.7. The van der Waals surface area contributed by atoms with E-state index >= 15 is 0 Å². The van der Waals surface area contributed by atoms with Crippen LogP contribution in [0.15, 0.2) is 202 Å². The third-order valence-electron chi connectivity index (χ3n) is 11.8. The third kappa shape index (κ3) is 5.25. The number of aliphatic imine (C=N–C) groups is 1. The largest absolute Gasteiger partial charge is 0.456 e. The minimum absolute atomic E-state index is 0.268. The average Bonchev–Trinajstić information content (AvgIpc) is 3.87. The molecule has 2 unspecified atom stereocenters. The lowest BCUT2D eigenvalue weighted by Crippen LogP contribution is -2.45. The van der Waals surface area contributed by atoms with Gasteiger partial charge in [0.05, 0.1) is 0 Å². The molecule has 3 heterocycles. The van der Waals surface area contributed by atoms with Crippen molar-refractivity contribution in [3.05, 3.63) is 205 Å². The average molecular weight is 746 g/mol. The highest BCUT2D eigenvalue weighted by atomic mass is 16.3. The molecule has 9 aromatic carbocycles. The zero-order chi connectivity index (χ0) is 38.2. The number of nitrogens with one attached hydrogen (secondary N) is 2. The van der Waals surface area contributed by atoms with Gasteiger partial charge in [-0.25, -0.2) is 4.99 Å². The fourth-order valence-corrected chi connectivity index (χ4v) is 9.06. The van der Waals surface area contributed by atoms with E-state index in [0.29, 0.717) is 0 Å². The molecule has 0 spiro atoms. The van der Waals surface area contributed by atoms with Crippen LogP contribution in [0.25, 0.3) is 87.7 Å². The molecule has 0 saturated carbocycles. The Hall–Kier alpha value is -7.47. The first-order valence-corrected chi connectivity index (χ1v) is 19.8. The van der Waals surface area contributed by atoms with Gasteiger partial charge in [-0.2, -0.15) is 0 Å². The number of nitrogens with zero attached hydrogens (tertiary/aromatic N) is 1. The van der Waals surface area contributed by atoms with Crippen LogP contribution in [0.4, 0.5) is 0 Å². The van der Waals surface area contributed by atoms with Crippen molar-refractivity contribution in [3.8, 4) is 22.3 Å². The maximum absolute atomic E-state index is 6.48. The number of hydrogen-bond acceptors (Lipinski definition) is 5. The predicted octanol–water partition coefficient (Wildman–Crippen LogP) is 13.5. The molecule has 0 bridgehead atoms. The van der Waals surface area contributed by atoms with E-state index in [1.54, 1.807) is 0 Å². The molecule has 0 amide bonds. The predicted molar refractivity (Wildman–Crippen MR) is 238 cm³/mol. The Morgan fingerprint density at radius 1 is 0.397 bits per heavy atom. The summed E-state index contributed by atoms with van der Waals surface area (Å²) in [5, 5.41) is 16.9. The van der Waals surface area contributed by atoms with Crippen LogP contribution < -0.4 is 10.6 Å². The molecular weight excluding hydrogens is 711 g/mol. The fourth-order valence-electron chi connectivity index (χ4n) is 9.06. The highest BCUT2D eigenvalue weighted by Gasteiger charge is 2.29. The Kier molecular flexibility index (Phi) is 7.37. The number of benzene rings is 9. The van der Waals surface area contributed by atoms with Crippen LogP contribution in [0.1, 0.15) is 29.0 Å². The fraction of sp³-hybridized carbons (Fsp3) is 0.0377. The molecule has 0 fully saturated rings. The SMILES string of the molecule is c1ccc(-c2ccc3oc4cccc(-c5ccc(C6NC(c7ccc8ccccc8c7)=NC(c7cccc8oc9ccccc9c78)N6)c6ccccc56)c4c3c2)cc1. The molecule has 274 valence electrons. The number of amidine groups is 1. The van der Waals surface area contributed by atoms with Gasteiger partial charge in [0.25, 0.3) is 0 Å². The molecule has 58 heavy (non-hydrogen) atoms. The lowest BCUT2D eigenvalue weighted by Gasteiger charge is -2.33. The zero-order valence-electron chi connectivity index (χ0n) is 31.3. The number of rotatable bonds is 5. The van der Waals surface area contributed by atoms with Crippen LogP contribution in [-0.4, -0.2) is 5.84 Å². The number of para-hydroxylation sites is 1. The van der Waals surface area contributed by atoms with Gasteiger partial charge in [-0.15, -0.1) is 0 Å². The molecular formula is C53H35N3O2. The second-order valence-electron chi connectivity index (χ2n) is 15.1. The highest BCUT2D eigenvalue weighted by Crippen LogP contribution is 2.43. The molecule has 12 rings (SSSR count). The summed E-state index contributed by atoms with van der Waals surface area (Å²) in [6.07, 6.45) is -0.629. The second-order valence-corrected chi connectivity index (χ2v) is 15.1. The summed E-state index contributed by atoms with van der Waals surface area (Å²) in [5.74, 6) is 0.835. The molecule has 2 atom stereocenters. The summed E-state index contributed by atoms with van der Waals surface area (Å²) in [7, 11) is 0. The van der Waals surface area contributed by atoms with E-state index in [-0.39, 0.29) is 12.3 Å². The van der Waals surface area contributed by atoms with Gasteiger partial charge in [0.2, 0.25) is 0 Å². The number of furan rings is 2. The Labute approximate surface area is 333 Å². The van der Waals surface area contributed by atoms with Crippen LogP contribution >= 0.6 is 0 Å². The van der Waals surface area contributed by atoms with Gasteiger partial charge >= 0.3 is 0 Å². The second kappa shape index (κ2) is 13.1. The Balaban J connectivity index is 1.02. The molecule has 0 saturated heterocycles. The standard InChI is InChI=1S/C53H35N3O2/c1-2-12-32(13-3-1)35-26-29-46-44(31-35)49-40(19-10-22-47(49)58-46)39-27-28-41(38-17-7-6-16-37(38)39)52-54-51(36-25-24-33-14-4-5-15-34(33)30-36)55-53(56-52)43-20-11-23-48-50(43)42-18-8-9-21-45(42)57-48/h1-31,52-53,56H,(H,54,55). The number of hydrogen-bond donors (Lipinski definition) is 2. The van der Waals surface area contributed by atoms with E-state index in [9.17, 15) is 0 Å². The zero-order valence-corrected chi connectivity index (χ0v) is 31.3. The maximum Gasteiger partial charge on any atom is 0.136 e. The van der Waals surface area contributed by atoms with Gasteiger partial charge < -0.3 is 14.2 Å². The Bertz CT molecular complexity index is 3430. The summed E-state index contributed by atoms with van der Waals surface area (Å²) in [5.41, 5.74) is 11.4. The summed E-state index contributed by atoms with van der Waals surface area (Å²) >= 11 is 0. The Morgan fingerprint density at radius 3 is 1.97 bits per heavy atom. The topological polar surface area (TPSA) is 62.7 Å². The highest BCUT2D eigenvalue weighted by molar-refractivity contribution is 6.16. The third-order valence-corrected chi connectivity index (χ3v) is 11.8. The molecule has 11 aromatic rings. The lowest BCUT2D eigenvalue weighted by atomic mass is 9.91. The monoisotopic (exact) mass is 745 g/mol. The van der Waals surface area contributed by atoms with Crippen molar-refractivity contribution in [2.75, 3.05) is 0 Å². The van der Waals surface area contributed by atoms with Gasteiger partial charge in [0.15, 0.2) is 0 Å². The van der Waals surface area contributed by atoms with Crippen molar-refractivity contribution in [3.63, 3.8) is 0 Å². The minimum Gasteiger partial charge on any atom is -0.456 e. The molecule has 1 aliphatic rings. The Morgan fingerprint density at radius 2 is 1.09 bits per heavy atom. The van der Waals surface area contributed by atoms with Crippen molar-refractivity contribution < 1.29 is 8.83 Å². The molecule has 5 nitrogen and oxygen atoms in total. The van der Waals surface area contributed by atoms with Gasteiger partial charge in [0, 0.05) is 32.7 Å². The van der Waals surface area contributed by atoms with E-state index in [4.69, 9.17) is 13.8 Å². The molecule has 0 aliphatic carbocycles. The van der Waals surface area contributed by atoms with Crippen molar-refractivity contribution in [1.29, 1.82) is 0 Å². The van der Waals surface area contributed by atoms with Gasteiger partial charge in [-0.05, 0) is 85.8 Å². The molecule has 2 N–H and O–H groups in total. The van der Waals surface area contributed by atoms with Crippen LogP contribution in [0.3, 0.4) is 0 Å². The van der Waals surface area contributed by atoms with E-state index in [0.717, 1.165) is 88.5 Å². The van der Waals surface area contributed by atoms with Crippen molar-refractivity contribution >= 4 is 71.3 Å². The first kappa shape index (κ1) is 32.7. The smallest absolute Gasteiger partial charge is 0.136 e. The molecule has 1 aliphatic heterocycles. The normalized spacial score (nSPS) is 15.8. The quantitative estimate of drug-likeness (QED) is 0.184. The summed E-state index contributed by atoms with van der Waals surface area (Å²) in [6.45, 7) is 0. The van der Waals surface area contributed by atoms with Gasteiger partial charge in [-0.1, -0.05) is 152 Å². The van der Waals surface area contributed by atoms with Crippen LogP contribution in [0.2, 0.25) is 0 Å². The van der Waals surface area contributed by atoms with E-state index < -0.39 is 0 Å². The van der Waals surface area contributed by atoms with Crippen molar-refractivity contribution in [2.24, 2.45) is 4.99 Å². The van der Waals surface area contributed by atoms with Crippen LogP contribution in [0.5, 0.6) is 0 Å². The summed E-state index contributed by atoms with van der Waals surface area (Å²) in [6, 6.07) is 66.3. The van der Waals surface area contributed by atoms with Crippen LogP contribution in [-0.2, 0) is 0 Å². The van der Waals surface area contributed by atoms with Crippen LogP contribution in [0, 0.1) is 0 Å². The summed E-state index contributed by atoms with van der Waals surface area (Å²) < 4.78 is 12.8. The lowest BCUT2D eigenvalue weighted by molar-refractivity contribution is 0.412. The van der Waals surface area contributed by atoms with Gasteiger partial charge in [0.1, 0.15) is 40.5 Å². The maximum atomic E-state index is 6.48. The van der Waals surface area contributed by atoms with E-state index in [1.807, 2.05) is 18.2 Å². The molecule has 5 heteroatoms. The van der Waals surface area contributed by atoms with Gasteiger partial charge in [-0.3, -0.25) is 5.32 Å². The molecule has 0 radical (unpaired) electrons. The van der Waals surface area contributed by atoms with E-state index in [1.165, 1.54) is 21.7 Å². The molecule has 2 aromatic heterocycles. The van der Waals surface area contributed by atoms with Crippen molar-refractivity contribution in [1.82, 2.24) is 10.6 Å². The van der Waals surface area contributed by atoms with Crippen molar-refractivity contribution in [2.45, 2.75) is 12.3 Å².